The molecule has 0 bridgehead atoms. The number of nitrogens with two attached hydrogens (primary N) is 1. The van der Waals surface area contributed by atoms with Gasteiger partial charge in [-0.05, 0) is 31.6 Å². The van der Waals surface area contributed by atoms with Crippen LogP contribution in [0.1, 0.15) is 32.6 Å². The van der Waals surface area contributed by atoms with Gasteiger partial charge in [-0.1, -0.05) is 6.92 Å². The van der Waals surface area contributed by atoms with Crippen molar-refractivity contribution in [2.24, 2.45) is 17.1 Å². The number of carbonyl (C=O) groups is 1. The fourth-order valence-corrected chi connectivity index (χ4v) is 2.67. The predicted molar refractivity (Wildman–Crippen MR) is 56.0 cm³/mol. The molecule has 0 unspecified atom stereocenters. The minimum atomic E-state index is -4.35. The average Bonchev–Trinajstić information content (AvgIpc) is 2.92. The Bertz CT molecular complexity index is 330. The first kappa shape index (κ1) is 12.7. The second kappa shape index (κ2) is 3.60. The summed E-state index contributed by atoms with van der Waals surface area (Å²) in [4.78, 5) is 11.9. The summed E-state index contributed by atoms with van der Waals surface area (Å²) in [6.07, 6.45) is -3.21. The zero-order chi connectivity index (χ0) is 12.9. The molecular formula is C11H17F3N2O. The van der Waals surface area contributed by atoms with Crippen LogP contribution in [0.25, 0.3) is 0 Å². The van der Waals surface area contributed by atoms with Gasteiger partial charge in [0.1, 0.15) is 5.54 Å². The molecule has 2 rings (SSSR count). The van der Waals surface area contributed by atoms with Crippen molar-refractivity contribution in [3.8, 4) is 0 Å². The van der Waals surface area contributed by atoms with E-state index in [1.807, 2.05) is 6.92 Å². The monoisotopic (exact) mass is 250 g/mol. The molecule has 0 aliphatic heterocycles. The van der Waals surface area contributed by atoms with Crippen molar-refractivity contribution >= 4 is 5.91 Å². The Morgan fingerprint density at radius 3 is 2.24 bits per heavy atom. The first-order chi connectivity index (χ1) is 7.75. The molecule has 2 aliphatic rings. The van der Waals surface area contributed by atoms with Gasteiger partial charge >= 0.3 is 6.18 Å². The number of halogens is 3. The van der Waals surface area contributed by atoms with Crippen LogP contribution in [0.3, 0.4) is 0 Å². The number of hydrogen-bond donors (Lipinski definition) is 2. The molecule has 2 saturated carbocycles. The Hall–Kier alpha value is -0.780. The molecule has 0 spiro atoms. The molecule has 0 aromatic carbocycles. The highest BCUT2D eigenvalue weighted by molar-refractivity contribution is 5.85. The summed E-state index contributed by atoms with van der Waals surface area (Å²) in [6.45, 7) is 2.09. The molecule has 6 heteroatoms. The van der Waals surface area contributed by atoms with Gasteiger partial charge in [0.05, 0.1) is 5.41 Å². The summed E-state index contributed by atoms with van der Waals surface area (Å²) in [7, 11) is 0. The molecule has 0 saturated heterocycles. The second-order valence-corrected chi connectivity index (χ2v) is 5.53. The maximum atomic E-state index is 12.7. The van der Waals surface area contributed by atoms with Gasteiger partial charge < -0.3 is 11.1 Å². The molecule has 1 amide bonds. The molecular weight excluding hydrogens is 233 g/mol. The van der Waals surface area contributed by atoms with E-state index >= 15 is 0 Å². The summed E-state index contributed by atoms with van der Waals surface area (Å²) < 4.78 is 38.1. The van der Waals surface area contributed by atoms with E-state index in [9.17, 15) is 18.0 Å². The van der Waals surface area contributed by atoms with Gasteiger partial charge in [-0.3, -0.25) is 4.79 Å². The van der Waals surface area contributed by atoms with Crippen molar-refractivity contribution in [1.82, 2.24) is 5.32 Å². The highest BCUT2D eigenvalue weighted by Gasteiger charge is 2.65. The average molecular weight is 250 g/mol. The van der Waals surface area contributed by atoms with Crippen LogP contribution in [-0.4, -0.2) is 24.2 Å². The van der Waals surface area contributed by atoms with Crippen LogP contribution in [0.5, 0.6) is 0 Å². The third-order valence-electron chi connectivity index (χ3n) is 4.00. The van der Waals surface area contributed by atoms with Crippen molar-refractivity contribution in [2.45, 2.75) is 44.3 Å². The molecule has 0 radical (unpaired) electrons. The van der Waals surface area contributed by atoms with Crippen LogP contribution in [0, 0.1) is 11.3 Å². The van der Waals surface area contributed by atoms with E-state index in [-0.39, 0.29) is 19.4 Å². The van der Waals surface area contributed by atoms with E-state index in [4.69, 9.17) is 5.73 Å². The lowest BCUT2D eigenvalue weighted by Crippen LogP contribution is -2.58. The number of rotatable bonds is 3. The summed E-state index contributed by atoms with van der Waals surface area (Å²) >= 11 is 0. The van der Waals surface area contributed by atoms with Gasteiger partial charge in [0.15, 0.2) is 0 Å². The normalized spacial score (nSPS) is 35.0. The second-order valence-electron chi connectivity index (χ2n) is 5.53. The SMILES string of the molecule is CC1CC(CN)(C(=O)NC2(C(F)(F)F)CC2)C1. The standard InChI is InChI=1S/C11H17F3N2O/c1-7-4-9(5-7,6-15)8(17)16-10(2-3-10)11(12,13)14/h7H,2-6,15H2,1H3,(H,16,17). The summed E-state index contributed by atoms with van der Waals surface area (Å²) in [5.74, 6) is -0.154. The van der Waals surface area contributed by atoms with E-state index in [1.165, 1.54) is 0 Å². The van der Waals surface area contributed by atoms with Gasteiger partial charge in [0.25, 0.3) is 0 Å². The Labute approximate surface area is 97.9 Å². The first-order valence-electron chi connectivity index (χ1n) is 5.84. The Morgan fingerprint density at radius 1 is 1.41 bits per heavy atom. The molecule has 0 heterocycles. The smallest absolute Gasteiger partial charge is 0.341 e. The number of carbonyl (C=O) groups excluding carboxylic acids is 1. The van der Waals surface area contributed by atoms with E-state index < -0.39 is 23.0 Å². The summed E-state index contributed by atoms with van der Waals surface area (Å²) in [5.41, 5.74) is 2.81. The van der Waals surface area contributed by atoms with E-state index in [0.29, 0.717) is 18.8 Å². The number of alkyl halides is 3. The van der Waals surface area contributed by atoms with Crippen LogP contribution in [0.4, 0.5) is 13.2 Å². The lowest BCUT2D eigenvalue weighted by molar-refractivity contribution is -0.175. The molecule has 98 valence electrons. The fourth-order valence-electron chi connectivity index (χ4n) is 2.67. The third-order valence-corrected chi connectivity index (χ3v) is 4.00. The number of nitrogens with one attached hydrogen (secondary N) is 1. The van der Waals surface area contributed by atoms with Crippen molar-refractivity contribution in [1.29, 1.82) is 0 Å². The summed E-state index contributed by atoms with van der Waals surface area (Å²) in [5, 5.41) is 2.18. The van der Waals surface area contributed by atoms with Crippen LogP contribution < -0.4 is 11.1 Å². The van der Waals surface area contributed by atoms with Crippen molar-refractivity contribution in [3.63, 3.8) is 0 Å². The van der Waals surface area contributed by atoms with Crippen molar-refractivity contribution in [3.05, 3.63) is 0 Å². The number of hydrogen-bond acceptors (Lipinski definition) is 2. The van der Waals surface area contributed by atoms with Crippen LogP contribution in [0.2, 0.25) is 0 Å². The topological polar surface area (TPSA) is 55.1 Å². The Morgan fingerprint density at radius 2 is 1.94 bits per heavy atom. The lowest BCUT2D eigenvalue weighted by atomic mass is 9.62. The minimum absolute atomic E-state index is 0.0154. The van der Waals surface area contributed by atoms with E-state index in [0.717, 1.165) is 0 Å². The lowest BCUT2D eigenvalue weighted by Gasteiger charge is -2.45. The van der Waals surface area contributed by atoms with Gasteiger partial charge in [0.2, 0.25) is 5.91 Å². The molecule has 2 fully saturated rings. The molecule has 3 nitrogen and oxygen atoms in total. The van der Waals surface area contributed by atoms with E-state index in [2.05, 4.69) is 5.32 Å². The zero-order valence-electron chi connectivity index (χ0n) is 9.73. The fraction of sp³-hybridized carbons (Fsp3) is 0.909. The van der Waals surface area contributed by atoms with Gasteiger partial charge in [-0.25, -0.2) is 0 Å². The Kier molecular flexibility index (Phi) is 2.69. The maximum Gasteiger partial charge on any atom is 0.411 e. The van der Waals surface area contributed by atoms with E-state index in [1.54, 1.807) is 0 Å². The van der Waals surface area contributed by atoms with Gasteiger partial charge in [-0.15, -0.1) is 0 Å². The molecule has 0 atom stereocenters. The molecule has 0 aromatic rings. The first-order valence-corrected chi connectivity index (χ1v) is 5.84. The highest BCUT2D eigenvalue weighted by atomic mass is 19.4. The Balaban J connectivity index is 2.03. The van der Waals surface area contributed by atoms with Gasteiger partial charge in [-0.2, -0.15) is 13.2 Å². The molecule has 2 aliphatic carbocycles. The minimum Gasteiger partial charge on any atom is -0.341 e. The third kappa shape index (κ3) is 1.92. The highest BCUT2D eigenvalue weighted by Crippen LogP contribution is 2.51. The van der Waals surface area contributed by atoms with Crippen LogP contribution >= 0.6 is 0 Å². The molecule has 3 N–H and O–H groups in total. The van der Waals surface area contributed by atoms with Crippen molar-refractivity contribution < 1.29 is 18.0 Å². The maximum absolute atomic E-state index is 12.7. The predicted octanol–water partition coefficient (Wildman–Crippen LogP) is 1.57. The zero-order valence-corrected chi connectivity index (χ0v) is 9.73. The molecule has 17 heavy (non-hydrogen) atoms. The summed E-state index contributed by atoms with van der Waals surface area (Å²) in [6, 6.07) is 0. The number of amides is 1. The molecule has 0 aromatic heterocycles. The van der Waals surface area contributed by atoms with Crippen molar-refractivity contribution in [2.75, 3.05) is 6.54 Å². The van der Waals surface area contributed by atoms with Crippen LogP contribution in [0.15, 0.2) is 0 Å². The van der Waals surface area contributed by atoms with Crippen LogP contribution in [-0.2, 0) is 4.79 Å². The quantitative estimate of drug-likeness (QED) is 0.799. The van der Waals surface area contributed by atoms with Gasteiger partial charge in [0, 0.05) is 6.54 Å². The largest absolute Gasteiger partial charge is 0.411 e.